The van der Waals surface area contributed by atoms with Crippen molar-refractivity contribution in [3.8, 4) is 22.6 Å². The number of fused-ring (bicyclic) bond motifs is 3. The molecule has 28 heavy (non-hydrogen) atoms. The van der Waals surface area contributed by atoms with E-state index in [1.54, 1.807) is 6.07 Å². The van der Waals surface area contributed by atoms with Crippen LogP contribution in [0.4, 0.5) is 0 Å². The lowest BCUT2D eigenvalue weighted by Crippen LogP contribution is -2.62. The summed E-state index contributed by atoms with van der Waals surface area (Å²) in [6, 6.07) is 16.4. The molecule has 3 aliphatic rings. The van der Waals surface area contributed by atoms with Crippen LogP contribution in [-0.2, 0) is 0 Å². The first-order chi connectivity index (χ1) is 13.7. The number of amides is 1. The van der Waals surface area contributed by atoms with Crippen molar-refractivity contribution in [2.45, 2.75) is 31.8 Å². The monoisotopic (exact) mass is 375 g/mol. The predicted octanol–water partition coefficient (Wildman–Crippen LogP) is 4.15. The summed E-state index contributed by atoms with van der Waals surface area (Å²) in [5.41, 5.74) is 3.11. The smallest absolute Gasteiger partial charge is 0.287 e. The summed E-state index contributed by atoms with van der Waals surface area (Å²) >= 11 is 0. The van der Waals surface area contributed by atoms with Crippen molar-refractivity contribution in [3.05, 3.63) is 60.5 Å². The van der Waals surface area contributed by atoms with Crippen molar-refractivity contribution >= 4 is 5.91 Å². The molecule has 0 saturated carbocycles. The number of rotatable bonds is 4. The molecule has 2 unspecified atom stereocenters. The van der Waals surface area contributed by atoms with E-state index in [2.05, 4.69) is 34.3 Å². The molecule has 2 bridgehead atoms. The molecule has 1 amide bonds. The van der Waals surface area contributed by atoms with Gasteiger partial charge in [0, 0.05) is 29.5 Å². The highest BCUT2D eigenvalue weighted by Gasteiger charge is 2.40. The Morgan fingerprint density at radius 1 is 1.11 bits per heavy atom. The lowest BCUT2D eigenvalue weighted by molar-refractivity contribution is 0.0211. The van der Waals surface area contributed by atoms with Crippen LogP contribution in [0.3, 0.4) is 0 Å². The summed E-state index contributed by atoms with van der Waals surface area (Å²) in [5.74, 6) is 1.55. The maximum atomic E-state index is 12.8. The zero-order chi connectivity index (χ0) is 19.1. The fraction of sp³-hybridized carbons (Fsp3) is 0.348. The summed E-state index contributed by atoms with van der Waals surface area (Å²) in [5, 5.41) is 3.24. The molecule has 0 spiro atoms. The molecule has 2 N–H and O–H groups in total. The minimum absolute atomic E-state index is 0.114. The number of furan rings is 1. The molecule has 6 rings (SSSR count). The van der Waals surface area contributed by atoms with Gasteiger partial charge in [0.15, 0.2) is 5.76 Å². The average Bonchev–Trinajstić information content (AvgIpc) is 3.43. The quantitative estimate of drug-likeness (QED) is 0.720. The third-order valence-electron chi connectivity index (χ3n) is 6.36. The van der Waals surface area contributed by atoms with Crippen molar-refractivity contribution in [1.29, 1.82) is 0 Å². The van der Waals surface area contributed by atoms with Gasteiger partial charge in [-0.05, 0) is 74.7 Å². The highest BCUT2D eigenvalue weighted by molar-refractivity contribution is 5.92. The van der Waals surface area contributed by atoms with Gasteiger partial charge < -0.3 is 14.7 Å². The van der Waals surface area contributed by atoms with E-state index < -0.39 is 0 Å². The Balaban J connectivity index is 1.34. The highest BCUT2D eigenvalue weighted by atomic mass is 16.3. The van der Waals surface area contributed by atoms with E-state index in [1.807, 2.05) is 36.5 Å². The van der Waals surface area contributed by atoms with Crippen LogP contribution in [0, 0.1) is 5.92 Å². The highest BCUT2D eigenvalue weighted by Crippen LogP contribution is 2.32. The predicted molar refractivity (Wildman–Crippen MR) is 109 cm³/mol. The molecule has 2 aromatic heterocycles. The van der Waals surface area contributed by atoms with Crippen molar-refractivity contribution < 1.29 is 9.21 Å². The normalized spacial score (nSPS) is 26.3. The van der Waals surface area contributed by atoms with Crippen LogP contribution in [0.15, 0.2) is 59.1 Å². The maximum absolute atomic E-state index is 12.8. The van der Waals surface area contributed by atoms with Crippen molar-refractivity contribution in [1.82, 2.24) is 15.2 Å². The zero-order valence-electron chi connectivity index (χ0n) is 16.0. The topological polar surface area (TPSA) is 61.3 Å². The SMILES string of the molecule is CC1C(NC(=O)c2ccc(-c3cccc(-c4ccc[nH]4)c3)o2)C2CCN1CC2. The van der Waals surface area contributed by atoms with Crippen molar-refractivity contribution in [2.75, 3.05) is 13.1 Å². The number of aromatic nitrogens is 1. The zero-order valence-corrected chi connectivity index (χ0v) is 16.0. The Morgan fingerprint density at radius 3 is 2.68 bits per heavy atom. The summed E-state index contributed by atoms with van der Waals surface area (Å²) < 4.78 is 5.92. The fourth-order valence-corrected chi connectivity index (χ4v) is 4.73. The Morgan fingerprint density at radius 2 is 1.93 bits per heavy atom. The van der Waals surface area contributed by atoms with E-state index in [1.165, 1.54) is 12.8 Å². The minimum atomic E-state index is -0.114. The molecule has 3 fully saturated rings. The molecule has 0 aliphatic carbocycles. The van der Waals surface area contributed by atoms with Gasteiger partial charge in [-0.2, -0.15) is 0 Å². The Kier molecular flexibility index (Phi) is 4.32. The Bertz CT molecular complexity index is 965. The third-order valence-corrected chi connectivity index (χ3v) is 6.36. The van der Waals surface area contributed by atoms with Gasteiger partial charge >= 0.3 is 0 Å². The van der Waals surface area contributed by atoms with E-state index in [0.29, 0.717) is 23.5 Å². The lowest BCUT2D eigenvalue weighted by Gasteiger charge is -2.49. The largest absolute Gasteiger partial charge is 0.451 e. The Hall–Kier alpha value is -2.79. The lowest BCUT2D eigenvalue weighted by atomic mass is 9.79. The molecule has 2 atom stereocenters. The number of nitrogens with zero attached hydrogens (tertiary/aromatic N) is 1. The van der Waals surface area contributed by atoms with Crippen LogP contribution < -0.4 is 5.32 Å². The second kappa shape index (κ2) is 6.99. The number of hydrogen-bond donors (Lipinski definition) is 2. The molecule has 144 valence electrons. The maximum Gasteiger partial charge on any atom is 0.287 e. The number of carbonyl (C=O) groups is 1. The van der Waals surface area contributed by atoms with Gasteiger partial charge in [-0.3, -0.25) is 9.69 Å². The van der Waals surface area contributed by atoms with E-state index in [4.69, 9.17) is 4.42 Å². The molecule has 3 aromatic rings. The first-order valence-electron chi connectivity index (χ1n) is 10.1. The summed E-state index contributed by atoms with van der Waals surface area (Å²) in [6.07, 6.45) is 4.25. The molecule has 1 aromatic carbocycles. The van der Waals surface area contributed by atoms with Crippen LogP contribution in [0.25, 0.3) is 22.6 Å². The van der Waals surface area contributed by atoms with Gasteiger partial charge in [0.2, 0.25) is 0 Å². The molecule has 5 nitrogen and oxygen atoms in total. The van der Waals surface area contributed by atoms with Gasteiger partial charge in [-0.25, -0.2) is 0 Å². The number of hydrogen-bond acceptors (Lipinski definition) is 3. The van der Waals surface area contributed by atoms with Crippen LogP contribution in [-0.4, -0.2) is 41.0 Å². The van der Waals surface area contributed by atoms with Crippen molar-refractivity contribution in [3.63, 3.8) is 0 Å². The summed E-state index contributed by atoms with van der Waals surface area (Å²) in [7, 11) is 0. The van der Waals surface area contributed by atoms with Gasteiger partial charge in [0.05, 0.1) is 0 Å². The van der Waals surface area contributed by atoms with E-state index in [-0.39, 0.29) is 11.9 Å². The van der Waals surface area contributed by atoms with Crippen LogP contribution in [0.2, 0.25) is 0 Å². The molecule has 3 aliphatic heterocycles. The standard InChI is InChI=1S/C23H25N3O2/c1-15-22(16-9-12-26(15)13-10-16)25-23(27)21-8-7-20(28-21)18-5-2-4-17(14-18)19-6-3-11-24-19/h2-8,11,14-16,22,24H,9-10,12-13H2,1H3,(H,25,27). The minimum Gasteiger partial charge on any atom is -0.451 e. The van der Waals surface area contributed by atoms with Crippen LogP contribution >= 0.6 is 0 Å². The van der Waals surface area contributed by atoms with Crippen molar-refractivity contribution in [2.24, 2.45) is 5.92 Å². The number of piperidine rings is 3. The second-order valence-corrected chi connectivity index (χ2v) is 7.94. The van der Waals surface area contributed by atoms with E-state index in [0.717, 1.165) is 29.9 Å². The van der Waals surface area contributed by atoms with Gasteiger partial charge in [-0.1, -0.05) is 18.2 Å². The third kappa shape index (κ3) is 3.06. The van der Waals surface area contributed by atoms with Crippen LogP contribution in [0.1, 0.15) is 30.3 Å². The fourth-order valence-electron chi connectivity index (χ4n) is 4.73. The Labute approximate surface area is 164 Å². The summed E-state index contributed by atoms with van der Waals surface area (Å²) in [4.78, 5) is 18.5. The number of nitrogens with one attached hydrogen (secondary N) is 2. The molecule has 3 saturated heterocycles. The molecular weight excluding hydrogens is 350 g/mol. The van der Waals surface area contributed by atoms with E-state index >= 15 is 0 Å². The first kappa shape index (κ1) is 17.3. The number of aromatic amines is 1. The number of H-pyrrole nitrogens is 1. The van der Waals surface area contributed by atoms with Gasteiger partial charge in [0.25, 0.3) is 5.91 Å². The number of benzene rings is 1. The van der Waals surface area contributed by atoms with E-state index in [9.17, 15) is 4.79 Å². The summed E-state index contributed by atoms with van der Waals surface area (Å²) in [6.45, 7) is 4.52. The molecule has 5 heteroatoms. The number of carbonyl (C=O) groups excluding carboxylic acids is 1. The van der Waals surface area contributed by atoms with Crippen LogP contribution in [0.5, 0.6) is 0 Å². The van der Waals surface area contributed by atoms with Gasteiger partial charge in [-0.15, -0.1) is 0 Å². The molecule has 0 radical (unpaired) electrons. The molecular formula is C23H25N3O2. The average molecular weight is 375 g/mol. The van der Waals surface area contributed by atoms with Gasteiger partial charge in [0.1, 0.15) is 5.76 Å². The second-order valence-electron chi connectivity index (χ2n) is 7.94. The molecule has 5 heterocycles. The first-order valence-corrected chi connectivity index (χ1v) is 10.1.